The first-order valence-electron chi connectivity index (χ1n) is 9.74. The van der Waals surface area contributed by atoms with Crippen molar-refractivity contribution >= 4 is 5.91 Å². The molecule has 1 aromatic carbocycles. The van der Waals surface area contributed by atoms with E-state index in [4.69, 9.17) is 9.47 Å². The summed E-state index contributed by atoms with van der Waals surface area (Å²) in [6, 6.07) is 6.06. The van der Waals surface area contributed by atoms with E-state index >= 15 is 0 Å². The van der Waals surface area contributed by atoms with Crippen molar-refractivity contribution in [2.24, 2.45) is 5.92 Å². The molecule has 0 N–H and O–H groups in total. The molecule has 1 heterocycles. The fourth-order valence-electron chi connectivity index (χ4n) is 4.43. The van der Waals surface area contributed by atoms with Gasteiger partial charge in [0.25, 0.3) is 0 Å². The van der Waals surface area contributed by atoms with Gasteiger partial charge in [-0.2, -0.15) is 0 Å². The number of ether oxygens (including phenoxy) is 2. The van der Waals surface area contributed by atoms with Crippen LogP contribution in [-0.2, 0) is 4.79 Å². The van der Waals surface area contributed by atoms with Gasteiger partial charge in [-0.05, 0) is 37.3 Å². The van der Waals surface area contributed by atoms with Gasteiger partial charge in [-0.25, -0.2) is 0 Å². The van der Waals surface area contributed by atoms with Crippen molar-refractivity contribution in [3.63, 3.8) is 0 Å². The summed E-state index contributed by atoms with van der Waals surface area (Å²) < 4.78 is 10.9. The smallest absolute Gasteiger partial charge is 0.223 e. The molecule has 2 fully saturated rings. The molecule has 0 unspecified atom stereocenters. The summed E-state index contributed by atoms with van der Waals surface area (Å²) in [5.74, 6) is 2.67. The highest BCUT2D eigenvalue weighted by atomic mass is 16.5. The molecule has 1 aliphatic carbocycles. The average molecular weight is 345 g/mol. The Labute approximate surface area is 151 Å². The average Bonchev–Trinajstić information content (AvgIpc) is 3.16. The first-order valence-corrected chi connectivity index (χ1v) is 9.74. The monoisotopic (exact) mass is 345 g/mol. The second kappa shape index (κ2) is 8.59. The van der Waals surface area contributed by atoms with Crippen LogP contribution >= 0.6 is 0 Å². The van der Waals surface area contributed by atoms with E-state index in [1.807, 2.05) is 12.1 Å². The van der Waals surface area contributed by atoms with Crippen LogP contribution in [0.5, 0.6) is 11.5 Å². The van der Waals surface area contributed by atoms with E-state index in [1.54, 1.807) is 14.2 Å². The number of benzene rings is 1. The predicted octanol–water partition coefficient (Wildman–Crippen LogP) is 4.73. The third kappa shape index (κ3) is 4.28. The molecule has 1 aliphatic heterocycles. The van der Waals surface area contributed by atoms with Crippen LogP contribution in [0.2, 0.25) is 0 Å². The van der Waals surface area contributed by atoms with Gasteiger partial charge in [0.15, 0.2) is 0 Å². The minimum atomic E-state index is 0.139. The Morgan fingerprint density at radius 3 is 2.60 bits per heavy atom. The SMILES string of the molecule is COc1ccc([C@@H]2CCCN2C(=O)CCC2CCCCC2)c(OC)c1. The van der Waals surface area contributed by atoms with Gasteiger partial charge in [-0.15, -0.1) is 0 Å². The molecular weight excluding hydrogens is 314 g/mol. The fraction of sp³-hybridized carbons (Fsp3) is 0.667. The largest absolute Gasteiger partial charge is 0.497 e. The second-order valence-corrected chi connectivity index (χ2v) is 7.40. The fourth-order valence-corrected chi connectivity index (χ4v) is 4.43. The molecule has 4 nitrogen and oxygen atoms in total. The molecule has 1 atom stereocenters. The Morgan fingerprint density at radius 1 is 1.08 bits per heavy atom. The summed E-state index contributed by atoms with van der Waals surface area (Å²) in [6.45, 7) is 0.864. The molecule has 2 aliphatic rings. The molecular formula is C21H31NO3. The van der Waals surface area contributed by atoms with Gasteiger partial charge in [0.2, 0.25) is 5.91 Å². The maximum atomic E-state index is 12.9. The van der Waals surface area contributed by atoms with Crippen LogP contribution in [0.25, 0.3) is 0 Å². The molecule has 1 aromatic rings. The summed E-state index contributed by atoms with van der Waals surface area (Å²) >= 11 is 0. The van der Waals surface area contributed by atoms with Gasteiger partial charge in [0, 0.05) is 24.6 Å². The topological polar surface area (TPSA) is 38.8 Å². The minimum Gasteiger partial charge on any atom is -0.497 e. The normalized spacial score (nSPS) is 21.4. The zero-order chi connectivity index (χ0) is 17.6. The van der Waals surface area contributed by atoms with Gasteiger partial charge in [-0.1, -0.05) is 32.1 Å². The molecule has 0 bridgehead atoms. The first kappa shape index (κ1) is 18.1. The van der Waals surface area contributed by atoms with Crippen LogP contribution in [0.15, 0.2) is 18.2 Å². The van der Waals surface area contributed by atoms with Gasteiger partial charge in [0.05, 0.1) is 20.3 Å². The van der Waals surface area contributed by atoms with E-state index in [0.29, 0.717) is 12.3 Å². The zero-order valence-electron chi connectivity index (χ0n) is 15.6. The lowest BCUT2D eigenvalue weighted by molar-refractivity contribution is -0.132. The van der Waals surface area contributed by atoms with E-state index in [9.17, 15) is 4.79 Å². The third-order valence-electron chi connectivity index (χ3n) is 5.86. The van der Waals surface area contributed by atoms with E-state index in [0.717, 1.165) is 48.8 Å². The van der Waals surface area contributed by atoms with E-state index < -0.39 is 0 Å². The second-order valence-electron chi connectivity index (χ2n) is 7.40. The molecule has 0 aromatic heterocycles. The Hall–Kier alpha value is -1.71. The zero-order valence-corrected chi connectivity index (χ0v) is 15.6. The number of rotatable bonds is 6. The highest BCUT2D eigenvalue weighted by Crippen LogP contribution is 2.39. The van der Waals surface area contributed by atoms with Crippen molar-refractivity contribution in [2.45, 2.75) is 63.8 Å². The minimum absolute atomic E-state index is 0.139. The number of amides is 1. The summed E-state index contributed by atoms with van der Waals surface area (Å²) in [5, 5.41) is 0. The summed E-state index contributed by atoms with van der Waals surface area (Å²) in [4.78, 5) is 14.9. The summed E-state index contributed by atoms with van der Waals surface area (Å²) in [6.07, 6.45) is 10.5. The van der Waals surface area contributed by atoms with E-state index in [1.165, 1.54) is 32.1 Å². The third-order valence-corrected chi connectivity index (χ3v) is 5.86. The summed E-state index contributed by atoms with van der Waals surface area (Å²) in [7, 11) is 3.34. The van der Waals surface area contributed by atoms with Gasteiger partial charge in [-0.3, -0.25) is 4.79 Å². The number of methoxy groups -OCH3 is 2. The molecule has 25 heavy (non-hydrogen) atoms. The Kier molecular flexibility index (Phi) is 6.22. The number of carbonyl (C=O) groups excluding carboxylic acids is 1. The molecule has 1 saturated carbocycles. The lowest BCUT2D eigenvalue weighted by Gasteiger charge is -2.28. The maximum Gasteiger partial charge on any atom is 0.223 e. The van der Waals surface area contributed by atoms with Crippen LogP contribution in [0.1, 0.15) is 69.4 Å². The number of nitrogens with zero attached hydrogens (tertiary/aromatic N) is 1. The molecule has 0 spiro atoms. The lowest BCUT2D eigenvalue weighted by Crippen LogP contribution is -2.31. The highest BCUT2D eigenvalue weighted by molar-refractivity contribution is 5.77. The van der Waals surface area contributed by atoms with Crippen LogP contribution < -0.4 is 9.47 Å². The number of likely N-dealkylation sites (tertiary alicyclic amines) is 1. The standard InChI is InChI=1S/C21H31NO3/c1-24-17-11-12-18(20(15-17)25-2)19-9-6-14-22(19)21(23)13-10-16-7-4-3-5-8-16/h11-12,15-16,19H,3-10,13-14H2,1-2H3/t19-/m0/s1. The molecule has 1 saturated heterocycles. The Balaban J connectivity index is 1.66. The lowest BCUT2D eigenvalue weighted by atomic mass is 9.86. The van der Waals surface area contributed by atoms with E-state index in [-0.39, 0.29) is 6.04 Å². The van der Waals surface area contributed by atoms with Crippen molar-refractivity contribution in [1.82, 2.24) is 4.90 Å². The van der Waals surface area contributed by atoms with Crippen LogP contribution in [0.4, 0.5) is 0 Å². The molecule has 138 valence electrons. The molecule has 1 amide bonds. The predicted molar refractivity (Wildman–Crippen MR) is 99.0 cm³/mol. The van der Waals surface area contributed by atoms with Gasteiger partial charge in [0.1, 0.15) is 11.5 Å². The Morgan fingerprint density at radius 2 is 1.88 bits per heavy atom. The van der Waals surface area contributed by atoms with Crippen LogP contribution in [-0.4, -0.2) is 31.6 Å². The highest BCUT2D eigenvalue weighted by Gasteiger charge is 2.32. The van der Waals surface area contributed by atoms with Crippen molar-refractivity contribution in [1.29, 1.82) is 0 Å². The molecule has 3 rings (SSSR count). The molecule has 0 radical (unpaired) electrons. The van der Waals surface area contributed by atoms with Crippen LogP contribution in [0, 0.1) is 5.92 Å². The number of hydrogen-bond acceptors (Lipinski definition) is 3. The first-order chi connectivity index (χ1) is 12.2. The number of carbonyl (C=O) groups is 1. The number of hydrogen-bond donors (Lipinski definition) is 0. The molecule has 4 heteroatoms. The van der Waals surface area contributed by atoms with Crippen molar-refractivity contribution < 1.29 is 14.3 Å². The van der Waals surface area contributed by atoms with Crippen molar-refractivity contribution in [2.75, 3.05) is 20.8 Å². The maximum absolute atomic E-state index is 12.9. The van der Waals surface area contributed by atoms with Crippen molar-refractivity contribution in [3.8, 4) is 11.5 Å². The Bertz CT molecular complexity index is 581. The van der Waals surface area contributed by atoms with Gasteiger partial charge < -0.3 is 14.4 Å². The van der Waals surface area contributed by atoms with E-state index in [2.05, 4.69) is 11.0 Å². The van der Waals surface area contributed by atoms with Gasteiger partial charge >= 0.3 is 0 Å². The quantitative estimate of drug-likeness (QED) is 0.748. The summed E-state index contributed by atoms with van der Waals surface area (Å²) in [5.41, 5.74) is 1.10. The van der Waals surface area contributed by atoms with Crippen molar-refractivity contribution in [3.05, 3.63) is 23.8 Å². The van der Waals surface area contributed by atoms with Crippen LogP contribution in [0.3, 0.4) is 0 Å².